The van der Waals surface area contributed by atoms with Gasteiger partial charge in [-0.05, 0) is 0 Å². The third kappa shape index (κ3) is 18.3. The van der Waals surface area contributed by atoms with Crippen LogP contribution >= 0.6 is 0 Å². The fourth-order valence-corrected chi connectivity index (χ4v) is 0. The van der Waals surface area contributed by atoms with Gasteiger partial charge in [0.2, 0.25) is 0 Å². The zero-order valence-electron chi connectivity index (χ0n) is 2.28. The summed E-state index contributed by atoms with van der Waals surface area (Å²) in [7, 11) is 0. The topological polar surface area (TPSA) is 0 Å². The molecule has 0 atom stereocenters. The average molecular weight is 445 g/mol. The second-order valence-electron chi connectivity index (χ2n) is 0. The molecule has 0 nitrogen and oxygen atoms in total. The summed E-state index contributed by atoms with van der Waals surface area (Å²) >= 11 is 0. The van der Waals surface area contributed by atoms with Gasteiger partial charge in [-0.25, -0.2) is 0 Å². The summed E-state index contributed by atoms with van der Waals surface area (Å²) in [6.45, 7) is 0. The second-order valence-corrected chi connectivity index (χ2v) is 0. The summed E-state index contributed by atoms with van der Waals surface area (Å²) in [5.41, 5.74) is 0. The summed E-state index contributed by atoms with van der Waals surface area (Å²) in [4.78, 5) is 0. The van der Waals surface area contributed by atoms with E-state index in [4.69, 9.17) is 0 Å². The van der Waals surface area contributed by atoms with E-state index in [0.29, 0.717) is 0 Å². The Labute approximate surface area is 109 Å². The van der Waals surface area contributed by atoms with E-state index >= 15 is 0 Å². The van der Waals surface area contributed by atoms with Crippen molar-refractivity contribution in [3.63, 3.8) is 0 Å². The smallest absolute Gasteiger partial charge is 0 e. The fraction of sp³-hybridized carbons (Fsp3) is 0. The minimum Gasteiger partial charge on any atom is 0 e. The molecule has 0 aromatic carbocycles. The molecule has 0 saturated heterocycles. The van der Waals surface area contributed by atoms with Gasteiger partial charge in [-0.3, -0.25) is 0 Å². The molecule has 5 heteroatoms. The fourth-order valence-electron chi connectivity index (χ4n) is 0. The molecule has 0 unspecified atom stereocenters. The second kappa shape index (κ2) is 25.4. The molecule has 0 aromatic rings. The van der Waals surface area contributed by atoms with Gasteiger partial charge in [0.05, 0.1) is 0 Å². The first kappa shape index (κ1) is 38.0. The number of hydrogen-bond donors (Lipinski definition) is 0. The molecule has 0 heterocycles. The van der Waals surface area contributed by atoms with Crippen LogP contribution in [0.1, 0.15) is 0 Å². The maximum atomic E-state index is 0. The van der Waals surface area contributed by atoms with Crippen molar-refractivity contribution < 1.29 is 19.5 Å². The van der Waals surface area contributed by atoms with Gasteiger partial charge in [-0.2, -0.15) is 0 Å². The molecule has 0 saturated carbocycles. The minimum absolute atomic E-state index is 0. The maximum absolute atomic E-state index is 0. The van der Waals surface area contributed by atoms with Crippen molar-refractivity contribution in [2.24, 2.45) is 0 Å². The Kier molecular flexibility index (Phi) is 193. The average Bonchev–Trinajstić information content (AvgIpc) is 0. The molecular formula is H2AlMgPbSnZn. The van der Waals surface area contributed by atoms with E-state index in [1.165, 1.54) is 0 Å². The van der Waals surface area contributed by atoms with Crippen LogP contribution in [0.3, 0.4) is 0 Å². The van der Waals surface area contributed by atoms with Crippen molar-refractivity contribution >= 4 is 91.6 Å². The van der Waals surface area contributed by atoms with E-state index in [1.54, 1.807) is 0 Å². The Morgan fingerprint density at radius 2 is 1.00 bits per heavy atom. The number of rotatable bonds is 0. The summed E-state index contributed by atoms with van der Waals surface area (Å²) in [6, 6.07) is 0. The molecule has 0 aliphatic carbocycles. The summed E-state index contributed by atoms with van der Waals surface area (Å²) in [5, 5.41) is 0. The number of hydrogen-bond acceptors (Lipinski definition) is 0. The van der Waals surface area contributed by atoms with Gasteiger partial charge in [0.1, 0.15) is 0 Å². The third-order valence-electron chi connectivity index (χ3n) is 0. The largest absolute Gasteiger partial charge is 0.316 e. The van der Waals surface area contributed by atoms with Gasteiger partial charge >= 0.3 is 23.1 Å². The van der Waals surface area contributed by atoms with Crippen LogP contribution in [0.15, 0.2) is 0 Å². The van der Waals surface area contributed by atoms with Gasteiger partial charge in [0.25, 0.3) is 0 Å². The van der Waals surface area contributed by atoms with Crippen molar-refractivity contribution in [3.05, 3.63) is 0 Å². The van der Waals surface area contributed by atoms with Gasteiger partial charge in [-0.1, -0.05) is 0 Å². The van der Waals surface area contributed by atoms with Crippen LogP contribution in [0.5, 0.6) is 0 Å². The van der Waals surface area contributed by atoms with Crippen LogP contribution in [-0.2, 0) is 19.5 Å². The van der Waals surface area contributed by atoms with E-state index in [1.807, 2.05) is 0 Å². The molecule has 5 heavy (non-hydrogen) atoms. The molecule has 0 aliphatic rings. The molecule has 0 rings (SSSR count). The van der Waals surface area contributed by atoms with E-state index in [-0.39, 0.29) is 111 Å². The molecule has 11 radical (unpaired) electrons. The Morgan fingerprint density at radius 1 is 1.00 bits per heavy atom. The Bertz CT molecular complexity index is 11.6. The summed E-state index contributed by atoms with van der Waals surface area (Å²) in [6.07, 6.45) is 0. The van der Waals surface area contributed by atoms with Crippen LogP contribution < -0.4 is 0 Å². The first-order valence-electron chi connectivity index (χ1n) is 0. The Morgan fingerprint density at radius 3 is 1.00 bits per heavy atom. The quantitative estimate of drug-likeness (QED) is 0.377. The van der Waals surface area contributed by atoms with Gasteiger partial charge in [0.15, 0.2) is 0 Å². The molecule has 0 spiro atoms. The Balaban J connectivity index is 0. The first-order chi connectivity index (χ1) is 0. The van der Waals surface area contributed by atoms with Crippen molar-refractivity contribution in [1.29, 1.82) is 0 Å². The van der Waals surface area contributed by atoms with E-state index in [2.05, 4.69) is 0 Å². The van der Waals surface area contributed by atoms with E-state index < -0.39 is 0 Å². The standard InChI is InChI=1S/Al.Mg.Pb.Sn.Zn.2H. The molecule has 0 bridgehead atoms. The van der Waals surface area contributed by atoms with E-state index in [0.717, 1.165) is 0 Å². The molecule has 0 fully saturated rings. The van der Waals surface area contributed by atoms with Crippen LogP contribution in [0.4, 0.5) is 0 Å². The van der Waals surface area contributed by atoms with Gasteiger partial charge in [-0.15, -0.1) is 0 Å². The predicted molar refractivity (Wildman–Crippen MR) is 25.8 cm³/mol. The van der Waals surface area contributed by atoms with Crippen LogP contribution in [-0.4, -0.2) is 91.6 Å². The van der Waals surface area contributed by atoms with Crippen LogP contribution in [0, 0.1) is 0 Å². The molecule has 0 N–H and O–H groups in total. The zero-order chi connectivity index (χ0) is 0. The molecule has 0 aromatic heterocycles. The third-order valence-corrected chi connectivity index (χ3v) is 0. The van der Waals surface area contributed by atoms with Crippen molar-refractivity contribution in [1.82, 2.24) is 0 Å². The first-order valence-corrected chi connectivity index (χ1v) is 0. The molecule has 0 amide bonds. The summed E-state index contributed by atoms with van der Waals surface area (Å²) < 4.78 is 0. The predicted octanol–water partition coefficient (Wildman–Crippen LogP) is -2.06. The Hall–Kier alpha value is 3.64. The van der Waals surface area contributed by atoms with Crippen LogP contribution in [0.25, 0.3) is 0 Å². The maximum Gasteiger partial charge on any atom is 0.316 e. The zero-order valence-corrected chi connectivity index (χ0v) is 13.1. The molecule has 17 valence electrons. The van der Waals surface area contributed by atoms with Gasteiger partial charge < -0.3 is 0 Å². The minimum atomic E-state index is 0. The van der Waals surface area contributed by atoms with Gasteiger partial charge in [0, 0.05) is 88.0 Å². The van der Waals surface area contributed by atoms with Crippen molar-refractivity contribution in [3.8, 4) is 0 Å². The monoisotopic (exact) mass is 445 g/mol. The van der Waals surface area contributed by atoms with E-state index in [9.17, 15) is 0 Å². The SMILES string of the molecule is [Al].[MgH2].[Pb].[Sn].[Zn]. The molecule has 0 aliphatic heterocycles. The summed E-state index contributed by atoms with van der Waals surface area (Å²) in [5.74, 6) is 0. The normalized spacial score (nSPS) is 0. The molecular weight excluding hydrogens is 443 g/mol. The van der Waals surface area contributed by atoms with Crippen molar-refractivity contribution in [2.75, 3.05) is 0 Å². The van der Waals surface area contributed by atoms with Crippen LogP contribution in [0.2, 0.25) is 0 Å². The van der Waals surface area contributed by atoms with Crippen molar-refractivity contribution in [2.45, 2.75) is 0 Å².